The molecule has 1 saturated heterocycles. The van der Waals surface area contributed by atoms with Crippen LogP contribution in [-0.2, 0) is 14.3 Å². The fourth-order valence-corrected chi connectivity index (χ4v) is 2.06. The van der Waals surface area contributed by atoms with Crippen LogP contribution >= 0.6 is 0 Å². The summed E-state index contributed by atoms with van der Waals surface area (Å²) in [5.74, 6) is -0.458. The molecule has 5 heteroatoms. The van der Waals surface area contributed by atoms with Crippen LogP contribution in [0.25, 0.3) is 0 Å². The van der Waals surface area contributed by atoms with Gasteiger partial charge in [-0.2, -0.15) is 0 Å². The van der Waals surface area contributed by atoms with Crippen LogP contribution in [0.3, 0.4) is 0 Å². The van der Waals surface area contributed by atoms with Gasteiger partial charge < -0.3 is 14.8 Å². The molecule has 0 unspecified atom stereocenters. The molecule has 0 amide bonds. The Morgan fingerprint density at radius 1 is 1.22 bits per heavy atom. The van der Waals surface area contributed by atoms with Gasteiger partial charge in [0, 0.05) is 0 Å². The second-order valence-corrected chi connectivity index (χ2v) is 5.74. The Labute approximate surface area is 108 Å². The molecule has 0 bridgehead atoms. The van der Waals surface area contributed by atoms with Gasteiger partial charge in [0.1, 0.15) is 5.60 Å². The Kier molecular flexibility index (Phi) is 4.73. The number of hydrogen-bond donors (Lipinski definition) is 1. The summed E-state index contributed by atoms with van der Waals surface area (Å²) in [5.41, 5.74) is -1.19. The summed E-state index contributed by atoms with van der Waals surface area (Å²) in [7, 11) is 0. The highest BCUT2D eigenvalue weighted by Gasteiger charge is 2.41. The lowest BCUT2D eigenvalue weighted by atomic mass is 9.77. The molecule has 5 nitrogen and oxygen atoms in total. The van der Waals surface area contributed by atoms with Crippen molar-refractivity contribution < 1.29 is 19.1 Å². The molecular formula is C13H23NO4. The fraction of sp³-hybridized carbons (Fsp3) is 0.846. The summed E-state index contributed by atoms with van der Waals surface area (Å²) >= 11 is 0. The monoisotopic (exact) mass is 257 g/mol. The van der Waals surface area contributed by atoms with Crippen LogP contribution < -0.4 is 5.32 Å². The van der Waals surface area contributed by atoms with Crippen molar-refractivity contribution in [2.75, 3.05) is 13.1 Å². The van der Waals surface area contributed by atoms with E-state index in [0.29, 0.717) is 19.3 Å². The summed E-state index contributed by atoms with van der Waals surface area (Å²) < 4.78 is 9.82. The molecule has 0 aliphatic carbocycles. The van der Waals surface area contributed by atoms with Crippen molar-refractivity contribution in [3.8, 4) is 0 Å². The Bertz CT molecular complexity index is 313. The molecule has 1 aliphatic heterocycles. The average molecular weight is 257 g/mol. The molecule has 1 rings (SSSR count). The van der Waals surface area contributed by atoms with Crippen LogP contribution in [0.1, 0.15) is 47.0 Å². The largest absolute Gasteiger partial charge is 0.516 e. The molecule has 0 aromatic heterocycles. The minimum atomic E-state index is -0.904. The van der Waals surface area contributed by atoms with E-state index in [1.807, 2.05) is 6.92 Å². The highest BCUT2D eigenvalue weighted by atomic mass is 16.7. The Balaban J connectivity index is 2.60. The first-order valence-corrected chi connectivity index (χ1v) is 6.45. The lowest BCUT2D eigenvalue weighted by molar-refractivity contribution is -0.155. The van der Waals surface area contributed by atoms with E-state index in [4.69, 9.17) is 9.47 Å². The number of hydrogen-bond acceptors (Lipinski definition) is 5. The first kappa shape index (κ1) is 15.0. The number of ether oxygens (including phenoxy) is 2. The molecule has 0 aromatic carbocycles. The van der Waals surface area contributed by atoms with Gasteiger partial charge in [0.15, 0.2) is 0 Å². The number of piperidine rings is 1. The fourth-order valence-electron chi connectivity index (χ4n) is 2.06. The smallest absolute Gasteiger partial charge is 0.428 e. The zero-order valence-electron chi connectivity index (χ0n) is 11.7. The number of rotatable bonds is 2. The van der Waals surface area contributed by atoms with Crippen molar-refractivity contribution in [2.45, 2.75) is 52.6 Å². The van der Waals surface area contributed by atoms with Crippen LogP contribution in [-0.4, -0.2) is 30.8 Å². The normalized spacial score (nSPS) is 19.1. The summed E-state index contributed by atoms with van der Waals surface area (Å²) in [4.78, 5) is 23.6. The average Bonchev–Trinajstić information content (AvgIpc) is 2.27. The maximum absolute atomic E-state index is 12.1. The van der Waals surface area contributed by atoms with Gasteiger partial charge in [0.25, 0.3) is 0 Å². The van der Waals surface area contributed by atoms with Crippen molar-refractivity contribution in [2.24, 2.45) is 5.41 Å². The maximum atomic E-state index is 12.1. The van der Waals surface area contributed by atoms with E-state index in [1.165, 1.54) is 0 Å². The van der Waals surface area contributed by atoms with Gasteiger partial charge in [0.2, 0.25) is 0 Å². The summed E-state index contributed by atoms with van der Waals surface area (Å²) in [5, 5.41) is 3.20. The molecule has 0 radical (unpaired) electrons. The van der Waals surface area contributed by atoms with Crippen LogP contribution in [0.4, 0.5) is 4.79 Å². The second-order valence-electron chi connectivity index (χ2n) is 5.74. The van der Waals surface area contributed by atoms with Crippen LogP contribution in [0.2, 0.25) is 0 Å². The molecule has 18 heavy (non-hydrogen) atoms. The van der Waals surface area contributed by atoms with E-state index >= 15 is 0 Å². The zero-order chi connectivity index (χ0) is 13.8. The van der Waals surface area contributed by atoms with Crippen molar-refractivity contribution in [1.82, 2.24) is 5.32 Å². The van der Waals surface area contributed by atoms with Crippen molar-refractivity contribution in [3.63, 3.8) is 0 Å². The van der Waals surface area contributed by atoms with E-state index in [0.717, 1.165) is 13.1 Å². The topological polar surface area (TPSA) is 64.6 Å². The number of carbonyl (C=O) groups is 2. The summed E-state index contributed by atoms with van der Waals surface area (Å²) in [6.07, 6.45) is 1.17. The Hall–Kier alpha value is -1.10. The van der Waals surface area contributed by atoms with E-state index in [1.54, 1.807) is 20.8 Å². The van der Waals surface area contributed by atoms with Crippen molar-refractivity contribution in [3.05, 3.63) is 0 Å². The second kappa shape index (κ2) is 5.69. The van der Waals surface area contributed by atoms with Gasteiger partial charge in [0.05, 0.1) is 5.41 Å². The molecule has 0 spiro atoms. The molecular weight excluding hydrogens is 234 g/mol. The molecule has 104 valence electrons. The van der Waals surface area contributed by atoms with Crippen LogP contribution in [0.15, 0.2) is 0 Å². The Morgan fingerprint density at radius 3 is 2.22 bits per heavy atom. The highest BCUT2D eigenvalue weighted by molar-refractivity contribution is 5.86. The molecule has 0 aromatic rings. The molecule has 1 heterocycles. The van der Waals surface area contributed by atoms with E-state index in [-0.39, 0.29) is 0 Å². The number of nitrogens with one attached hydrogen (secondary N) is 1. The first-order valence-electron chi connectivity index (χ1n) is 6.45. The minimum absolute atomic E-state index is 0.458. The predicted octanol–water partition coefficient (Wildman–Crippen LogP) is 2.24. The van der Waals surface area contributed by atoms with Gasteiger partial charge in [-0.3, -0.25) is 4.79 Å². The lowest BCUT2D eigenvalue weighted by Gasteiger charge is -2.33. The third kappa shape index (κ3) is 3.98. The van der Waals surface area contributed by atoms with E-state index < -0.39 is 23.1 Å². The SMILES string of the molecule is CCC1(C(=O)OC(=O)OC(C)(C)C)CCNCC1. The molecule has 0 atom stereocenters. The quantitative estimate of drug-likeness (QED) is 0.607. The molecule has 1 aliphatic rings. The van der Waals surface area contributed by atoms with Gasteiger partial charge in [-0.1, -0.05) is 6.92 Å². The lowest BCUT2D eigenvalue weighted by Crippen LogP contribution is -2.43. The van der Waals surface area contributed by atoms with E-state index in [9.17, 15) is 9.59 Å². The zero-order valence-corrected chi connectivity index (χ0v) is 11.7. The summed E-state index contributed by atoms with van der Waals surface area (Å²) in [6.45, 7) is 8.70. The minimum Gasteiger partial charge on any atom is -0.428 e. The first-order chi connectivity index (χ1) is 8.29. The molecule has 0 saturated carbocycles. The van der Waals surface area contributed by atoms with Crippen molar-refractivity contribution in [1.29, 1.82) is 0 Å². The highest BCUT2D eigenvalue weighted by Crippen LogP contribution is 2.34. The molecule has 1 N–H and O–H groups in total. The molecule has 1 fully saturated rings. The van der Waals surface area contributed by atoms with Crippen LogP contribution in [0.5, 0.6) is 0 Å². The van der Waals surface area contributed by atoms with Crippen LogP contribution in [0, 0.1) is 5.41 Å². The van der Waals surface area contributed by atoms with Gasteiger partial charge >= 0.3 is 12.1 Å². The van der Waals surface area contributed by atoms with Crippen molar-refractivity contribution >= 4 is 12.1 Å². The van der Waals surface area contributed by atoms with Gasteiger partial charge in [-0.05, 0) is 53.1 Å². The maximum Gasteiger partial charge on any atom is 0.516 e. The van der Waals surface area contributed by atoms with E-state index in [2.05, 4.69) is 5.32 Å². The Morgan fingerprint density at radius 2 is 1.78 bits per heavy atom. The standard InChI is InChI=1S/C13H23NO4/c1-5-13(6-8-14-9-7-13)10(15)17-11(16)18-12(2,3)4/h14H,5-9H2,1-4H3. The van der Waals surface area contributed by atoms with Gasteiger partial charge in [-0.25, -0.2) is 4.79 Å². The van der Waals surface area contributed by atoms with Gasteiger partial charge in [-0.15, -0.1) is 0 Å². The third-order valence-corrected chi connectivity index (χ3v) is 3.24. The third-order valence-electron chi connectivity index (χ3n) is 3.24. The predicted molar refractivity (Wildman–Crippen MR) is 67.2 cm³/mol. The number of esters is 1. The number of carbonyl (C=O) groups excluding carboxylic acids is 2. The summed E-state index contributed by atoms with van der Waals surface area (Å²) in [6, 6.07) is 0.